The van der Waals surface area contributed by atoms with E-state index in [1.807, 2.05) is 14.1 Å². The van der Waals surface area contributed by atoms with Gasteiger partial charge in [-0.3, -0.25) is 0 Å². The molecule has 0 aliphatic heterocycles. The van der Waals surface area contributed by atoms with E-state index in [1.165, 1.54) is 36.8 Å². The maximum atomic E-state index is 10.1. The molecule has 0 saturated carbocycles. The lowest BCUT2D eigenvalue weighted by atomic mass is 10.0. The summed E-state index contributed by atoms with van der Waals surface area (Å²) >= 11 is 0. The Labute approximate surface area is 204 Å². The fraction of sp³-hybridized carbons (Fsp3) is 0.750. The summed E-state index contributed by atoms with van der Waals surface area (Å²) in [4.78, 5) is 20.2. The SMILES string of the molecule is CN[C@H](C)CCC=C(C)C.CN[C@H](C)CCC=C(C)C.O=C(O)[C@@H](O)[C@H](O)[C@H](O)[C@@H](O)C(=O)O. The van der Waals surface area contributed by atoms with Gasteiger partial charge in [0, 0.05) is 12.1 Å². The Morgan fingerprint density at radius 3 is 1.12 bits per heavy atom. The number of carboxylic acids is 2. The summed E-state index contributed by atoms with van der Waals surface area (Å²) in [6.07, 6.45) is 0.162. The molecule has 0 heterocycles. The van der Waals surface area contributed by atoms with Crippen molar-refractivity contribution in [2.75, 3.05) is 14.1 Å². The molecule has 34 heavy (non-hydrogen) atoms. The van der Waals surface area contributed by atoms with Crippen LogP contribution < -0.4 is 10.6 Å². The average Bonchev–Trinajstić information content (AvgIpc) is 2.76. The largest absolute Gasteiger partial charge is 0.479 e. The lowest BCUT2D eigenvalue weighted by Crippen LogP contribution is -2.49. The van der Waals surface area contributed by atoms with E-state index in [0.29, 0.717) is 12.1 Å². The minimum Gasteiger partial charge on any atom is -0.479 e. The molecule has 0 fully saturated rings. The number of aliphatic hydroxyl groups excluding tert-OH is 4. The Morgan fingerprint density at radius 2 is 0.941 bits per heavy atom. The van der Waals surface area contributed by atoms with E-state index in [-0.39, 0.29) is 0 Å². The van der Waals surface area contributed by atoms with E-state index in [0.717, 1.165) is 0 Å². The zero-order valence-corrected chi connectivity index (χ0v) is 21.9. The van der Waals surface area contributed by atoms with Crippen LogP contribution in [0, 0.1) is 0 Å². The first-order valence-electron chi connectivity index (χ1n) is 11.4. The second-order valence-corrected chi connectivity index (χ2v) is 8.64. The monoisotopic (exact) mass is 492 g/mol. The Kier molecular flexibility index (Phi) is 23.4. The maximum absolute atomic E-state index is 10.1. The molecule has 0 spiro atoms. The maximum Gasteiger partial charge on any atom is 0.335 e. The average molecular weight is 493 g/mol. The molecule has 0 aliphatic rings. The molecule has 0 unspecified atom stereocenters. The zero-order chi connectivity index (χ0) is 27.4. The van der Waals surface area contributed by atoms with Crippen molar-refractivity contribution in [1.82, 2.24) is 10.6 Å². The van der Waals surface area contributed by atoms with Gasteiger partial charge in [-0.2, -0.15) is 0 Å². The third-order valence-corrected chi connectivity index (χ3v) is 4.79. The number of hydrogen-bond acceptors (Lipinski definition) is 8. The van der Waals surface area contributed by atoms with Crippen LogP contribution in [0.15, 0.2) is 23.3 Å². The molecule has 0 aromatic rings. The number of rotatable bonds is 13. The van der Waals surface area contributed by atoms with Crippen molar-refractivity contribution in [1.29, 1.82) is 0 Å². The van der Waals surface area contributed by atoms with Gasteiger partial charge in [0.15, 0.2) is 12.2 Å². The summed E-state index contributed by atoms with van der Waals surface area (Å²) in [5, 5.41) is 57.9. The fourth-order valence-corrected chi connectivity index (χ4v) is 2.20. The Morgan fingerprint density at radius 1 is 0.676 bits per heavy atom. The van der Waals surface area contributed by atoms with Gasteiger partial charge >= 0.3 is 11.9 Å². The number of hydrogen-bond donors (Lipinski definition) is 8. The van der Waals surface area contributed by atoms with Crippen molar-refractivity contribution in [2.24, 2.45) is 0 Å². The van der Waals surface area contributed by atoms with Gasteiger partial charge in [0.25, 0.3) is 0 Å². The number of carbonyl (C=O) groups is 2. The molecular formula is C24H48N2O8. The topological polar surface area (TPSA) is 180 Å². The molecule has 0 saturated heterocycles. The van der Waals surface area contributed by atoms with Crippen molar-refractivity contribution in [2.45, 2.75) is 104 Å². The van der Waals surface area contributed by atoms with E-state index in [2.05, 4.69) is 64.3 Å². The quantitative estimate of drug-likeness (QED) is 0.175. The predicted octanol–water partition coefficient (Wildman–Crippen LogP) is 1.28. The van der Waals surface area contributed by atoms with Gasteiger partial charge in [0.2, 0.25) is 0 Å². The summed E-state index contributed by atoms with van der Waals surface area (Å²) in [7, 11) is 4.01. The van der Waals surface area contributed by atoms with Crippen molar-refractivity contribution < 1.29 is 40.2 Å². The molecule has 6 atom stereocenters. The predicted molar refractivity (Wildman–Crippen MR) is 134 cm³/mol. The van der Waals surface area contributed by atoms with E-state index in [4.69, 9.17) is 30.6 Å². The molecule has 0 amide bonds. The third kappa shape index (κ3) is 22.0. The van der Waals surface area contributed by atoms with E-state index in [1.54, 1.807) is 0 Å². The molecular weight excluding hydrogens is 444 g/mol. The molecule has 0 rings (SSSR count). The minimum atomic E-state index is -2.36. The van der Waals surface area contributed by atoms with Crippen LogP contribution in [0.2, 0.25) is 0 Å². The first-order chi connectivity index (χ1) is 15.6. The van der Waals surface area contributed by atoms with Crippen LogP contribution in [-0.2, 0) is 9.59 Å². The Hall–Kier alpha value is -1.82. The summed E-state index contributed by atoms with van der Waals surface area (Å²) in [6.45, 7) is 13.0. The van der Waals surface area contributed by atoms with Gasteiger partial charge in [0.05, 0.1) is 0 Å². The van der Waals surface area contributed by atoms with Gasteiger partial charge < -0.3 is 41.3 Å². The van der Waals surface area contributed by atoms with Gasteiger partial charge in [-0.25, -0.2) is 9.59 Å². The first-order valence-corrected chi connectivity index (χ1v) is 11.4. The highest BCUT2D eigenvalue weighted by Crippen LogP contribution is 2.05. The van der Waals surface area contributed by atoms with Crippen molar-refractivity contribution >= 4 is 11.9 Å². The van der Waals surface area contributed by atoms with Crippen LogP contribution in [0.1, 0.15) is 67.2 Å². The van der Waals surface area contributed by atoms with Gasteiger partial charge in [0.1, 0.15) is 12.2 Å². The number of aliphatic hydroxyl groups is 4. The first kappa shape index (κ1) is 36.7. The lowest BCUT2D eigenvalue weighted by molar-refractivity contribution is -0.172. The fourth-order valence-electron chi connectivity index (χ4n) is 2.20. The second kappa shape index (κ2) is 21.7. The van der Waals surface area contributed by atoms with Crippen LogP contribution in [0.3, 0.4) is 0 Å². The van der Waals surface area contributed by atoms with E-state index >= 15 is 0 Å². The van der Waals surface area contributed by atoms with Crippen molar-refractivity contribution in [3.05, 3.63) is 23.3 Å². The van der Waals surface area contributed by atoms with Crippen LogP contribution in [0.5, 0.6) is 0 Å². The molecule has 8 N–H and O–H groups in total. The normalized spacial score (nSPS) is 15.5. The third-order valence-electron chi connectivity index (χ3n) is 4.79. The Balaban J connectivity index is -0.000000434. The van der Waals surface area contributed by atoms with E-state index < -0.39 is 36.4 Å². The number of aliphatic carboxylic acids is 2. The standard InChI is InChI=1S/2C9H19N.C6H10O8/c2*1-8(2)6-5-7-9(3)10-4;7-1(3(9)5(11)12)2(8)4(10)6(13)14/h2*6,9-10H,5,7H2,1-4H3;1-4,7-10H,(H,11,12)(H,13,14)/t2*9-;1-,2+,3+,4-/m11./s1. The highest BCUT2D eigenvalue weighted by molar-refractivity contribution is 5.75. The van der Waals surface area contributed by atoms with Crippen LogP contribution in [0.4, 0.5) is 0 Å². The molecule has 0 aliphatic carbocycles. The molecule has 202 valence electrons. The van der Waals surface area contributed by atoms with Gasteiger partial charge in [-0.15, -0.1) is 0 Å². The highest BCUT2D eigenvalue weighted by atomic mass is 16.4. The van der Waals surface area contributed by atoms with Crippen molar-refractivity contribution in [3.8, 4) is 0 Å². The molecule has 0 aromatic heterocycles. The van der Waals surface area contributed by atoms with Crippen LogP contribution >= 0.6 is 0 Å². The zero-order valence-electron chi connectivity index (χ0n) is 21.9. The molecule has 10 heteroatoms. The number of allylic oxidation sites excluding steroid dienone is 4. The summed E-state index contributed by atoms with van der Waals surface area (Å²) in [5.74, 6) is -3.68. The van der Waals surface area contributed by atoms with Crippen LogP contribution in [0.25, 0.3) is 0 Å². The smallest absolute Gasteiger partial charge is 0.335 e. The second-order valence-electron chi connectivity index (χ2n) is 8.64. The highest BCUT2D eigenvalue weighted by Gasteiger charge is 2.37. The summed E-state index contributed by atoms with van der Waals surface area (Å²) in [5.41, 5.74) is 2.84. The molecule has 0 radical (unpaired) electrons. The van der Waals surface area contributed by atoms with Crippen molar-refractivity contribution in [3.63, 3.8) is 0 Å². The Bertz CT molecular complexity index is 550. The molecule has 10 nitrogen and oxygen atoms in total. The summed E-state index contributed by atoms with van der Waals surface area (Å²) in [6, 6.07) is 1.30. The number of carboxylic acid groups (broad SMARTS) is 2. The van der Waals surface area contributed by atoms with Gasteiger partial charge in [-0.1, -0.05) is 23.3 Å². The number of nitrogens with one attached hydrogen (secondary N) is 2. The van der Waals surface area contributed by atoms with Crippen LogP contribution in [-0.4, -0.2) is 93.2 Å². The minimum absolute atomic E-state index is 0.649. The molecule has 0 bridgehead atoms. The van der Waals surface area contributed by atoms with E-state index in [9.17, 15) is 9.59 Å². The lowest BCUT2D eigenvalue weighted by Gasteiger charge is -2.21. The van der Waals surface area contributed by atoms with Gasteiger partial charge in [-0.05, 0) is 81.3 Å². The summed E-state index contributed by atoms with van der Waals surface area (Å²) < 4.78 is 0. The molecule has 0 aromatic carbocycles.